The highest BCUT2D eigenvalue weighted by Gasteiger charge is 2.38. The summed E-state index contributed by atoms with van der Waals surface area (Å²) >= 11 is 0. The topological polar surface area (TPSA) is 61.4 Å². The fourth-order valence-electron chi connectivity index (χ4n) is 4.72. The van der Waals surface area contributed by atoms with E-state index in [2.05, 4.69) is 27.4 Å². The zero-order valence-corrected chi connectivity index (χ0v) is 20.6. The Kier molecular flexibility index (Phi) is 12.1. The zero-order valence-electron chi connectivity index (χ0n) is 18.3. The molecule has 2 aliphatic heterocycles. The third-order valence-corrected chi connectivity index (χ3v) is 6.39. The molecule has 29 heavy (non-hydrogen) atoms. The van der Waals surface area contributed by atoms with Crippen LogP contribution >= 0.6 is 24.0 Å². The maximum atomic E-state index is 5.60. The highest BCUT2D eigenvalue weighted by atomic mass is 127. The number of aliphatic imine (C=N–C) groups is 1. The number of morpholine rings is 2. The predicted octanol–water partition coefficient (Wildman–Crippen LogP) is 1.92. The summed E-state index contributed by atoms with van der Waals surface area (Å²) < 4.78 is 11.0. The Hall–Kier alpha value is -0.160. The Morgan fingerprint density at radius 1 is 0.931 bits per heavy atom. The minimum Gasteiger partial charge on any atom is -0.379 e. The van der Waals surface area contributed by atoms with Crippen molar-refractivity contribution in [3.63, 3.8) is 0 Å². The summed E-state index contributed by atoms with van der Waals surface area (Å²) in [7, 11) is 0. The van der Waals surface area contributed by atoms with Gasteiger partial charge in [0.25, 0.3) is 0 Å². The van der Waals surface area contributed by atoms with Gasteiger partial charge < -0.3 is 20.1 Å². The van der Waals surface area contributed by atoms with E-state index in [0.717, 1.165) is 91.2 Å². The van der Waals surface area contributed by atoms with E-state index in [-0.39, 0.29) is 29.5 Å². The summed E-state index contributed by atoms with van der Waals surface area (Å²) in [6, 6.07) is 0. The van der Waals surface area contributed by atoms with Crippen LogP contribution in [-0.2, 0) is 9.47 Å². The van der Waals surface area contributed by atoms with E-state index < -0.39 is 0 Å². The maximum Gasteiger partial charge on any atom is 0.191 e. The van der Waals surface area contributed by atoms with Gasteiger partial charge in [-0.15, -0.1) is 24.0 Å². The van der Waals surface area contributed by atoms with E-state index in [1.54, 1.807) is 0 Å². The van der Waals surface area contributed by atoms with Gasteiger partial charge in [-0.05, 0) is 32.7 Å². The van der Waals surface area contributed by atoms with E-state index in [0.29, 0.717) is 0 Å². The molecule has 3 aliphatic rings. The number of nitrogens with one attached hydrogen (secondary N) is 2. The van der Waals surface area contributed by atoms with Crippen LogP contribution in [-0.4, -0.2) is 100 Å². The van der Waals surface area contributed by atoms with Gasteiger partial charge in [0, 0.05) is 44.8 Å². The van der Waals surface area contributed by atoms with Crippen molar-refractivity contribution in [3.8, 4) is 0 Å². The lowest BCUT2D eigenvalue weighted by atomic mass is 9.80. The first-order valence-corrected chi connectivity index (χ1v) is 11.5. The molecule has 0 atom stereocenters. The Morgan fingerprint density at radius 3 is 2.24 bits per heavy atom. The monoisotopic (exact) mass is 523 g/mol. The van der Waals surface area contributed by atoms with Gasteiger partial charge >= 0.3 is 0 Å². The quantitative estimate of drug-likeness (QED) is 0.220. The molecule has 2 heterocycles. The Morgan fingerprint density at radius 2 is 1.59 bits per heavy atom. The van der Waals surface area contributed by atoms with Crippen LogP contribution in [0.2, 0.25) is 0 Å². The van der Waals surface area contributed by atoms with Crippen molar-refractivity contribution < 1.29 is 9.47 Å². The van der Waals surface area contributed by atoms with Crippen LogP contribution in [0.1, 0.15) is 45.4 Å². The number of hydrogen-bond donors (Lipinski definition) is 2. The van der Waals surface area contributed by atoms with Crippen LogP contribution in [0, 0.1) is 0 Å². The van der Waals surface area contributed by atoms with Crippen molar-refractivity contribution >= 4 is 29.9 Å². The summed E-state index contributed by atoms with van der Waals surface area (Å²) in [6.45, 7) is 13.8. The molecule has 0 unspecified atom stereocenters. The van der Waals surface area contributed by atoms with Crippen LogP contribution in [0.15, 0.2) is 4.99 Å². The third-order valence-electron chi connectivity index (χ3n) is 6.39. The Bertz CT molecular complexity index is 462. The zero-order chi connectivity index (χ0) is 19.5. The standard InChI is InChI=1S/C21H41N5O2.HI/c1-2-22-20(23-9-6-10-25-11-15-27-16-12-25)24-19-21(7-4-3-5-8-21)26-13-17-28-18-14-26;/h2-19H2,1H3,(H2,22,23,24);1H. The van der Waals surface area contributed by atoms with Crippen molar-refractivity contribution in [2.75, 3.05) is 78.8 Å². The van der Waals surface area contributed by atoms with Crippen molar-refractivity contribution in [3.05, 3.63) is 0 Å². The van der Waals surface area contributed by atoms with Crippen LogP contribution in [0.5, 0.6) is 0 Å². The molecule has 170 valence electrons. The van der Waals surface area contributed by atoms with Crippen LogP contribution in [0.25, 0.3) is 0 Å². The van der Waals surface area contributed by atoms with Crippen LogP contribution in [0.4, 0.5) is 0 Å². The first-order chi connectivity index (χ1) is 13.8. The number of rotatable bonds is 8. The largest absolute Gasteiger partial charge is 0.379 e. The lowest BCUT2D eigenvalue weighted by Crippen LogP contribution is -2.56. The number of guanidine groups is 1. The molecule has 0 bridgehead atoms. The fourth-order valence-corrected chi connectivity index (χ4v) is 4.72. The molecule has 2 N–H and O–H groups in total. The van der Waals surface area contributed by atoms with Gasteiger partial charge in [-0.25, -0.2) is 0 Å². The lowest BCUT2D eigenvalue weighted by Gasteiger charge is -2.47. The molecule has 1 aliphatic carbocycles. The van der Waals surface area contributed by atoms with Gasteiger partial charge in [0.05, 0.1) is 33.0 Å². The summed E-state index contributed by atoms with van der Waals surface area (Å²) in [5.41, 5.74) is 0.234. The lowest BCUT2D eigenvalue weighted by molar-refractivity contribution is -0.0333. The molecule has 0 aromatic carbocycles. The molecule has 0 aromatic heterocycles. The molecule has 7 nitrogen and oxygen atoms in total. The summed E-state index contributed by atoms with van der Waals surface area (Å²) in [4.78, 5) is 10.2. The number of nitrogens with zero attached hydrogens (tertiary/aromatic N) is 3. The fraction of sp³-hybridized carbons (Fsp3) is 0.952. The highest BCUT2D eigenvalue weighted by Crippen LogP contribution is 2.34. The van der Waals surface area contributed by atoms with Gasteiger partial charge in [-0.3, -0.25) is 14.8 Å². The molecule has 3 rings (SSSR count). The van der Waals surface area contributed by atoms with Gasteiger partial charge in [0.2, 0.25) is 0 Å². The predicted molar refractivity (Wildman–Crippen MR) is 129 cm³/mol. The highest BCUT2D eigenvalue weighted by molar-refractivity contribution is 14.0. The second kappa shape index (κ2) is 14.0. The molecular formula is C21H42IN5O2. The van der Waals surface area contributed by atoms with Gasteiger partial charge in [-0.1, -0.05) is 19.3 Å². The number of ether oxygens (including phenoxy) is 2. The Labute approximate surface area is 194 Å². The second-order valence-corrected chi connectivity index (χ2v) is 8.31. The summed E-state index contributed by atoms with van der Waals surface area (Å²) in [5.74, 6) is 0.975. The van der Waals surface area contributed by atoms with Crippen LogP contribution < -0.4 is 10.6 Å². The Balaban J connectivity index is 0.00000300. The van der Waals surface area contributed by atoms with Crippen molar-refractivity contribution in [1.82, 2.24) is 20.4 Å². The SMILES string of the molecule is CCNC(=NCC1(N2CCOCC2)CCCCC1)NCCCN1CCOCC1.I. The molecule has 0 radical (unpaired) electrons. The average molecular weight is 524 g/mol. The average Bonchev–Trinajstić information content (AvgIpc) is 2.77. The van der Waals surface area contributed by atoms with Crippen LogP contribution in [0.3, 0.4) is 0 Å². The minimum absolute atomic E-state index is 0. The minimum atomic E-state index is 0. The van der Waals surface area contributed by atoms with E-state index >= 15 is 0 Å². The molecule has 0 amide bonds. The normalized spacial score (nSPS) is 24.0. The summed E-state index contributed by atoms with van der Waals surface area (Å²) in [5, 5.41) is 7.00. The molecular weight excluding hydrogens is 481 g/mol. The van der Waals surface area contributed by atoms with E-state index in [4.69, 9.17) is 14.5 Å². The molecule has 1 saturated carbocycles. The summed E-state index contributed by atoms with van der Waals surface area (Å²) in [6.07, 6.45) is 7.71. The third kappa shape index (κ3) is 8.12. The van der Waals surface area contributed by atoms with E-state index in [9.17, 15) is 0 Å². The second-order valence-electron chi connectivity index (χ2n) is 8.31. The van der Waals surface area contributed by atoms with E-state index in [1.165, 1.54) is 32.1 Å². The van der Waals surface area contributed by atoms with Gasteiger partial charge in [-0.2, -0.15) is 0 Å². The molecule has 8 heteroatoms. The molecule has 3 fully saturated rings. The van der Waals surface area contributed by atoms with Crippen molar-refractivity contribution in [2.45, 2.75) is 51.0 Å². The first-order valence-electron chi connectivity index (χ1n) is 11.5. The maximum absolute atomic E-state index is 5.60. The van der Waals surface area contributed by atoms with Gasteiger partial charge in [0.1, 0.15) is 0 Å². The number of halogens is 1. The van der Waals surface area contributed by atoms with E-state index in [1.807, 2.05) is 0 Å². The smallest absolute Gasteiger partial charge is 0.191 e. The van der Waals surface area contributed by atoms with Crippen molar-refractivity contribution in [1.29, 1.82) is 0 Å². The first kappa shape index (κ1) is 25.1. The van der Waals surface area contributed by atoms with Crippen molar-refractivity contribution in [2.24, 2.45) is 4.99 Å². The molecule has 0 aromatic rings. The molecule has 2 saturated heterocycles. The molecule has 0 spiro atoms. The van der Waals surface area contributed by atoms with Gasteiger partial charge in [0.15, 0.2) is 5.96 Å². The number of hydrogen-bond acceptors (Lipinski definition) is 5.